The summed E-state index contributed by atoms with van der Waals surface area (Å²) in [6, 6.07) is 5.44. The molecule has 0 saturated carbocycles. The number of aliphatic hydroxyl groups is 1. The fraction of sp³-hybridized carbons (Fsp3) is 0.412. The van der Waals surface area contributed by atoms with E-state index in [1.54, 1.807) is 31.5 Å². The van der Waals surface area contributed by atoms with E-state index in [9.17, 15) is 20.0 Å². The summed E-state index contributed by atoms with van der Waals surface area (Å²) in [6.07, 6.45) is 3.08. The Bertz CT molecular complexity index is 758. The molecule has 2 rings (SSSR count). The molecular weight excluding hydrogens is 356 g/mol. The zero-order valence-electron chi connectivity index (χ0n) is 14.4. The number of rotatable bonds is 6. The molecule has 1 aliphatic rings. The first kappa shape index (κ1) is 19.8. The third-order valence-corrected chi connectivity index (χ3v) is 4.99. The molecule has 0 radical (unpaired) electrons. The van der Waals surface area contributed by atoms with E-state index in [-0.39, 0.29) is 17.9 Å². The van der Waals surface area contributed by atoms with Crippen LogP contribution in [0.1, 0.15) is 25.3 Å². The molecule has 0 fully saturated rings. The van der Waals surface area contributed by atoms with Crippen molar-refractivity contribution in [1.29, 1.82) is 5.26 Å². The van der Waals surface area contributed by atoms with Crippen LogP contribution in [0.4, 0.5) is 0 Å². The van der Waals surface area contributed by atoms with Gasteiger partial charge >= 0.3 is 5.97 Å². The number of pyridine rings is 1. The number of ether oxygens (including phenoxy) is 1. The van der Waals surface area contributed by atoms with Gasteiger partial charge in [-0.15, -0.1) is 0 Å². The van der Waals surface area contributed by atoms with Crippen LogP contribution in [0.2, 0.25) is 0 Å². The smallest absolute Gasteiger partial charge is 0.314 e. The molecule has 0 unspecified atom stereocenters. The number of primary amides is 1. The molecule has 0 aromatic carbocycles. The topological polar surface area (TPSA) is 138 Å². The number of nitrogens with two attached hydrogens (primary N) is 1. The molecule has 3 atom stereocenters. The Balaban J connectivity index is 2.60. The standard InChI is InChI=1S/C17H20N4O4S/c1-3-25-16(23)14-13(10-4-6-20-7-5-10)11(8-18)15(21-17(14,2)24)26-9-12(19)22/h4-7,13-14,21,24H,3,9H2,1-2H3,(H2,19,22)/t13-,14-,17+/m0/s1. The Morgan fingerprint density at radius 2 is 2.15 bits per heavy atom. The minimum absolute atomic E-state index is 0.0727. The maximum absolute atomic E-state index is 12.6. The molecular formula is C17H20N4O4S. The Morgan fingerprint density at radius 1 is 1.50 bits per heavy atom. The molecule has 0 bridgehead atoms. The average molecular weight is 376 g/mol. The van der Waals surface area contributed by atoms with Crippen molar-refractivity contribution in [3.8, 4) is 6.07 Å². The summed E-state index contributed by atoms with van der Waals surface area (Å²) >= 11 is 1.01. The van der Waals surface area contributed by atoms with Crippen molar-refractivity contribution in [2.45, 2.75) is 25.5 Å². The monoisotopic (exact) mass is 376 g/mol. The number of nitriles is 1. The molecule has 2 heterocycles. The second-order valence-electron chi connectivity index (χ2n) is 5.87. The van der Waals surface area contributed by atoms with Gasteiger partial charge < -0.3 is 20.9 Å². The lowest BCUT2D eigenvalue weighted by molar-refractivity contribution is -0.161. The first-order valence-corrected chi connectivity index (χ1v) is 8.92. The SMILES string of the molecule is CCOC(=O)[C@@H]1[C@@H](c2ccncc2)C(C#N)=C(SCC(N)=O)N[C@]1(C)O. The quantitative estimate of drug-likeness (QED) is 0.614. The van der Waals surface area contributed by atoms with E-state index in [0.717, 1.165) is 11.8 Å². The minimum Gasteiger partial charge on any atom is -0.466 e. The van der Waals surface area contributed by atoms with E-state index in [1.807, 2.05) is 0 Å². The molecule has 8 nitrogen and oxygen atoms in total. The van der Waals surface area contributed by atoms with Crippen LogP contribution in [0, 0.1) is 17.2 Å². The molecule has 1 aromatic rings. The summed E-state index contributed by atoms with van der Waals surface area (Å²) in [4.78, 5) is 27.7. The molecule has 0 aliphatic carbocycles. The second-order valence-corrected chi connectivity index (χ2v) is 6.86. The molecule has 1 aromatic heterocycles. The van der Waals surface area contributed by atoms with Crippen molar-refractivity contribution in [2.24, 2.45) is 11.7 Å². The van der Waals surface area contributed by atoms with Gasteiger partial charge in [0.2, 0.25) is 5.91 Å². The number of nitrogens with zero attached hydrogens (tertiary/aromatic N) is 2. The third kappa shape index (κ3) is 4.15. The van der Waals surface area contributed by atoms with Gasteiger partial charge in [-0.25, -0.2) is 0 Å². The van der Waals surface area contributed by atoms with Crippen LogP contribution in [0.5, 0.6) is 0 Å². The van der Waals surface area contributed by atoms with Crippen molar-refractivity contribution in [3.63, 3.8) is 0 Å². The van der Waals surface area contributed by atoms with Crippen LogP contribution < -0.4 is 11.1 Å². The van der Waals surface area contributed by atoms with E-state index in [1.165, 1.54) is 6.92 Å². The van der Waals surface area contributed by atoms with Gasteiger partial charge in [-0.2, -0.15) is 5.26 Å². The number of thioether (sulfide) groups is 1. The molecule has 26 heavy (non-hydrogen) atoms. The van der Waals surface area contributed by atoms with Crippen molar-refractivity contribution < 1.29 is 19.4 Å². The van der Waals surface area contributed by atoms with Crippen LogP contribution in [0.15, 0.2) is 35.1 Å². The first-order valence-electron chi connectivity index (χ1n) is 7.94. The highest BCUT2D eigenvalue weighted by Gasteiger charge is 2.50. The summed E-state index contributed by atoms with van der Waals surface area (Å²) in [6.45, 7) is 3.24. The lowest BCUT2D eigenvalue weighted by Gasteiger charge is -2.42. The Kier molecular flexibility index (Phi) is 6.23. The lowest BCUT2D eigenvalue weighted by Crippen LogP contribution is -2.57. The minimum atomic E-state index is -1.69. The number of amides is 1. The van der Waals surface area contributed by atoms with E-state index in [4.69, 9.17) is 10.5 Å². The van der Waals surface area contributed by atoms with Crippen LogP contribution in [-0.2, 0) is 14.3 Å². The summed E-state index contributed by atoms with van der Waals surface area (Å²) in [5.41, 5.74) is 4.35. The van der Waals surface area contributed by atoms with Gasteiger partial charge in [0.1, 0.15) is 11.6 Å². The molecule has 0 spiro atoms. The van der Waals surface area contributed by atoms with Gasteiger partial charge in [0.15, 0.2) is 0 Å². The number of allylic oxidation sites excluding steroid dienone is 1. The number of esters is 1. The molecule has 1 aliphatic heterocycles. The summed E-state index contributed by atoms with van der Waals surface area (Å²) < 4.78 is 5.13. The summed E-state index contributed by atoms with van der Waals surface area (Å²) in [7, 11) is 0. The number of carbonyl (C=O) groups is 2. The fourth-order valence-electron chi connectivity index (χ4n) is 2.91. The highest BCUT2D eigenvalue weighted by atomic mass is 32.2. The first-order chi connectivity index (χ1) is 12.3. The summed E-state index contributed by atoms with van der Waals surface area (Å²) in [5.74, 6) is -3.07. The maximum Gasteiger partial charge on any atom is 0.314 e. The Morgan fingerprint density at radius 3 is 2.69 bits per heavy atom. The van der Waals surface area contributed by atoms with Crippen molar-refractivity contribution in [2.75, 3.05) is 12.4 Å². The van der Waals surface area contributed by atoms with Gasteiger partial charge in [-0.1, -0.05) is 11.8 Å². The predicted octanol–water partition coefficient (Wildman–Crippen LogP) is 0.610. The van der Waals surface area contributed by atoms with Gasteiger partial charge in [-0.05, 0) is 31.5 Å². The number of nitrogens with one attached hydrogen (secondary N) is 1. The molecule has 0 saturated heterocycles. The van der Waals surface area contributed by atoms with Crippen LogP contribution in [0.3, 0.4) is 0 Å². The second kappa shape index (κ2) is 8.21. The normalized spacial score (nSPS) is 25.2. The van der Waals surface area contributed by atoms with Crippen molar-refractivity contribution in [3.05, 3.63) is 40.7 Å². The maximum atomic E-state index is 12.6. The Hall–Kier alpha value is -2.57. The highest BCUT2D eigenvalue weighted by molar-refractivity contribution is 8.03. The van der Waals surface area contributed by atoms with Crippen LogP contribution >= 0.6 is 11.8 Å². The third-order valence-electron chi connectivity index (χ3n) is 3.95. The predicted molar refractivity (Wildman–Crippen MR) is 95.2 cm³/mol. The lowest BCUT2D eigenvalue weighted by atomic mass is 9.74. The summed E-state index contributed by atoms with van der Waals surface area (Å²) in [5, 5.41) is 23.7. The number of hydrogen-bond donors (Lipinski definition) is 3. The van der Waals surface area contributed by atoms with Crippen LogP contribution in [0.25, 0.3) is 0 Å². The number of hydrogen-bond acceptors (Lipinski definition) is 8. The molecule has 138 valence electrons. The molecule has 9 heteroatoms. The van der Waals surface area contributed by atoms with Gasteiger partial charge in [0, 0.05) is 18.3 Å². The van der Waals surface area contributed by atoms with E-state index in [2.05, 4.69) is 16.4 Å². The van der Waals surface area contributed by atoms with Gasteiger partial charge in [-0.3, -0.25) is 14.6 Å². The zero-order valence-corrected chi connectivity index (χ0v) is 15.2. The number of carbonyl (C=O) groups excluding carboxylic acids is 2. The fourth-order valence-corrected chi connectivity index (χ4v) is 3.81. The van der Waals surface area contributed by atoms with Crippen molar-refractivity contribution >= 4 is 23.6 Å². The van der Waals surface area contributed by atoms with E-state index in [0.29, 0.717) is 10.6 Å². The zero-order chi connectivity index (χ0) is 19.3. The Labute approximate surface area is 155 Å². The average Bonchev–Trinajstić information content (AvgIpc) is 2.59. The van der Waals surface area contributed by atoms with Gasteiger partial charge in [0.25, 0.3) is 0 Å². The van der Waals surface area contributed by atoms with Crippen molar-refractivity contribution in [1.82, 2.24) is 10.3 Å². The van der Waals surface area contributed by atoms with Crippen LogP contribution in [-0.4, -0.2) is 40.1 Å². The molecule has 1 amide bonds. The van der Waals surface area contributed by atoms with E-state index < -0.39 is 29.4 Å². The largest absolute Gasteiger partial charge is 0.466 e. The van der Waals surface area contributed by atoms with E-state index >= 15 is 0 Å². The molecule has 4 N–H and O–H groups in total. The highest BCUT2D eigenvalue weighted by Crippen LogP contribution is 2.44. The number of aromatic nitrogens is 1. The van der Waals surface area contributed by atoms with Gasteiger partial charge in [0.05, 0.1) is 29.0 Å².